The van der Waals surface area contributed by atoms with E-state index in [1.54, 1.807) is 0 Å². The van der Waals surface area contributed by atoms with E-state index in [1.807, 2.05) is 0 Å². The summed E-state index contributed by atoms with van der Waals surface area (Å²) >= 11 is 9.32. The molecule has 0 saturated heterocycles. The Hall–Kier alpha value is -2.75. The number of aryl methyl sites for hydroxylation is 2. The van der Waals surface area contributed by atoms with Crippen molar-refractivity contribution in [2.24, 2.45) is 0 Å². The van der Waals surface area contributed by atoms with Gasteiger partial charge >= 0.3 is 0 Å². The zero-order valence-corrected chi connectivity index (χ0v) is 21.5. The molecule has 2 aromatic heterocycles. The van der Waals surface area contributed by atoms with Gasteiger partial charge in [0.05, 0.1) is 0 Å². The summed E-state index contributed by atoms with van der Waals surface area (Å²) in [6, 6.07) is 34.4. The minimum atomic E-state index is 0.709. The van der Waals surface area contributed by atoms with Crippen LogP contribution in [0.5, 0.6) is 0 Å². The molecule has 6 aromatic rings. The van der Waals surface area contributed by atoms with E-state index in [1.165, 1.54) is 43.6 Å². The molecule has 0 aliphatic rings. The predicted octanol–water partition coefficient (Wildman–Crippen LogP) is 9.00. The monoisotopic (exact) mass is 530 g/mol. The van der Waals surface area contributed by atoms with Crippen LogP contribution in [-0.4, -0.2) is 20.3 Å². The average Bonchev–Trinajstić information content (AvgIpc) is 3.39. The first-order valence-corrected chi connectivity index (χ1v) is 13.5. The van der Waals surface area contributed by atoms with E-state index in [9.17, 15) is 0 Å². The summed E-state index contributed by atoms with van der Waals surface area (Å²) in [7, 11) is 0. The molecule has 0 N–H and O–H groups in total. The molecule has 4 heteroatoms. The molecular weight excluding hydrogens is 504 g/mol. The van der Waals surface area contributed by atoms with Gasteiger partial charge in [-0.25, -0.2) is 0 Å². The van der Waals surface area contributed by atoms with Crippen LogP contribution in [0.25, 0.3) is 43.6 Å². The van der Waals surface area contributed by atoms with Crippen molar-refractivity contribution >= 4 is 71.1 Å². The van der Waals surface area contributed by atoms with Crippen LogP contribution >= 0.6 is 27.5 Å². The second kappa shape index (κ2) is 10.7. The van der Waals surface area contributed by atoms with E-state index in [-0.39, 0.29) is 0 Å². The Morgan fingerprint density at radius 2 is 0.824 bits per heavy atom. The molecule has 4 aromatic carbocycles. The van der Waals surface area contributed by atoms with Crippen molar-refractivity contribution in [3.63, 3.8) is 0 Å². The van der Waals surface area contributed by atoms with Crippen LogP contribution in [0.3, 0.4) is 0 Å². The summed E-state index contributed by atoms with van der Waals surface area (Å²) in [4.78, 5) is 0. The van der Waals surface area contributed by atoms with Crippen molar-refractivity contribution in [3.05, 3.63) is 97.1 Å². The Morgan fingerprint density at radius 1 is 0.500 bits per heavy atom. The van der Waals surface area contributed by atoms with E-state index in [2.05, 4.69) is 122 Å². The normalized spacial score (nSPS) is 11.4. The van der Waals surface area contributed by atoms with Crippen molar-refractivity contribution in [1.82, 2.24) is 9.13 Å². The molecule has 0 aliphatic heterocycles. The average molecular weight is 532 g/mol. The molecule has 0 amide bonds. The molecule has 2 heterocycles. The van der Waals surface area contributed by atoms with Crippen LogP contribution in [-0.2, 0) is 13.1 Å². The third-order valence-electron chi connectivity index (χ3n) is 6.39. The Bertz CT molecular complexity index is 1320. The minimum Gasteiger partial charge on any atom is -0.340 e. The van der Waals surface area contributed by atoms with Gasteiger partial charge in [-0.2, -0.15) is 0 Å². The summed E-state index contributed by atoms with van der Waals surface area (Å²) in [5, 5.41) is 6.43. The van der Waals surface area contributed by atoms with Gasteiger partial charge in [-0.3, -0.25) is 0 Å². The first-order chi connectivity index (χ1) is 16.8. The van der Waals surface area contributed by atoms with E-state index < -0.39 is 0 Å². The molecule has 0 atom stereocenters. The lowest BCUT2D eigenvalue weighted by atomic mass is 10.2. The van der Waals surface area contributed by atoms with Gasteiger partial charge in [0.1, 0.15) is 0 Å². The number of fused-ring (bicyclic) bond motifs is 6. The van der Waals surface area contributed by atoms with Gasteiger partial charge in [0.25, 0.3) is 0 Å². The summed E-state index contributed by atoms with van der Waals surface area (Å²) in [6.45, 7) is 2.05. The third-order valence-corrected chi connectivity index (χ3v) is 7.22. The molecule has 0 fully saturated rings. The molecule has 34 heavy (non-hydrogen) atoms. The molecule has 2 nitrogen and oxygen atoms in total. The summed E-state index contributed by atoms with van der Waals surface area (Å²) in [5.41, 5.74) is 5.29. The third kappa shape index (κ3) is 4.35. The van der Waals surface area contributed by atoms with Gasteiger partial charge in [0, 0.05) is 67.9 Å². The molecule has 0 bridgehead atoms. The van der Waals surface area contributed by atoms with Crippen molar-refractivity contribution in [2.75, 3.05) is 11.2 Å². The topological polar surface area (TPSA) is 9.86 Å². The van der Waals surface area contributed by atoms with Gasteiger partial charge in [0.2, 0.25) is 0 Å². The highest BCUT2D eigenvalue weighted by Gasteiger charge is 2.09. The van der Waals surface area contributed by atoms with Crippen LogP contribution in [0.15, 0.2) is 97.1 Å². The standard InChI is InChI=1S/C15H14BrN.C15H14ClN/c2*16-10-5-11-17-14-8-3-1-6-12(14)13-7-2-4-9-15(13)17/h2*1-4,6-9H,5,10-11H2. The zero-order chi connectivity index (χ0) is 23.3. The highest BCUT2D eigenvalue weighted by Crippen LogP contribution is 2.30. The van der Waals surface area contributed by atoms with Crippen LogP contribution < -0.4 is 0 Å². The molecule has 6 rings (SSSR count). The maximum Gasteiger partial charge on any atom is 0.0491 e. The van der Waals surface area contributed by atoms with Crippen LogP contribution in [0.4, 0.5) is 0 Å². The Morgan fingerprint density at radius 3 is 1.15 bits per heavy atom. The lowest BCUT2D eigenvalue weighted by Gasteiger charge is -2.05. The number of nitrogens with zero attached hydrogens (tertiary/aromatic N) is 2. The second-order valence-electron chi connectivity index (χ2n) is 8.46. The number of halogens is 2. The smallest absolute Gasteiger partial charge is 0.0491 e. The fourth-order valence-corrected chi connectivity index (χ4v) is 5.29. The fraction of sp³-hybridized carbons (Fsp3) is 0.200. The maximum absolute atomic E-state index is 5.81. The van der Waals surface area contributed by atoms with Gasteiger partial charge < -0.3 is 9.13 Å². The minimum absolute atomic E-state index is 0.709. The number of rotatable bonds is 6. The maximum atomic E-state index is 5.81. The van der Waals surface area contributed by atoms with Gasteiger partial charge in [0.15, 0.2) is 0 Å². The SMILES string of the molecule is BrCCCn1c2ccccc2c2ccccc21.ClCCCn1c2ccccc2c2ccccc21. The van der Waals surface area contributed by atoms with E-state index in [4.69, 9.17) is 11.6 Å². The molecular formula is C30H28BrClN2. The second-order valence-corrected chi connectivity index (χ2v) is 9.63. The quantitative estimate of drug-likeness (QED) is 0.190. The summed E-state index contributed by atoms with van der Waals surface area (Å²) in [6.07, 6.45) is 2.16. The van der Waals surface area contributed by atoms with Crippen molar-refractivity contribution in [2.45, 2.75) is 25.9 Å². The number of benzene rings is 4. The van der Waals surface area contributed by atoms with Crippen LogP contribution in [0.1, 0.15) is 12.8 Å². The number of aromatic nitrogens is 2. The lowest BCUT2D eigenvalue weighted by molar-refractivity contribution is 0.728. The first-order valence-electron chi connectivity index (χ1n) is 11.9. The number of alkyl halides is 2. The Labute approximate surface area is 213 Å². The number of hydrogen-bond donors (Lipinski definition) is 0. The zero-order valence-electron chi connectivity index (χ0n) is 19.1. The first kappa shape index (κ1) is 23.0. The van der Waals surface area contributed by atoms with Gasteiger partial charge in [-0.1, -0.05) is 88.7 Å². The van der Waals surface area contributed by atoms with Gasteiger partial charge in [-0.15, -0.1) is 11.6 Å². The largest absolute Gasteiger partial charge is 0.340 e. The fourth-order valence-electron chi connectivity index (χ4n) is 4.92. The molecule has 0 saturated carbocycles. The van der Waals surface area contributed by atoms with E-state index in [0.29, 0.717) is 5.88 Å². The van der Waals surface area contributed by atoms with Gasteiger partial charge in [-0.05, 0) is 37.1 Å². The van der Waals surface area contributed by atoms with Crippen molar-refractivity contribution in [1.29, 1.82) is 0 Å². The Kier molecular flexibility index (Phi) is 7.22. The summed E-state index contributed by atoms with van der Waals surface area (Å²) < 4.78 is 4.79. The Balaban J connectivity index is 0.000000142. The van der Waals surface area contributed by atoms with E-state index in [0.717, 1.165) is 31.3 Å². The number of hydrogen-bond acceptors (Lipinski definition) is 0. The van der Waals surface area contributed by atoms with Crippen molar-refractivity contribution < 1.29 is 0 Å². The molecule has 0 unspecified atom stereocenters. The van der Waals surface area contributed by atoms with Crippen LogP contribution in [0.2, 0.25) is 0 Å². The molecule has 0 spiro atoms. The predicted molar refractivity (Wildman–Crippen MR) is 153 cm³/mol. The van der Waals surface area contributed by atoms with Crippen LogP contribution in [0, 0.1) is 0 Å². The highest BCUT2D eigenvalue weighted by molar-refractivity contribution is 9.09. The molecule has 0 radical (unpaired) electrons. The highest BCUT2D eigenvalue weighted by atomic mass is 79.9. The number of para-hydroxylation sites is 4. The van der Waals surface area contributed by atoms with E-state index >= 15 is 0 Å². The molecule has 172 valence electrons. The summed E-state index contributed by atoms with van der Waals surface area (Å²) in [5.74, 6) is 0.709. The van der Waals surface area contributed by atoms with Crippen molar-refractivity contribution in [3.8, 4) is 0 Å². The molecule has 0 aliphatic carbocycles. The lowest BCUT2D eigenvalue weighted by Crippen LogP contribution is -1.97.